The normalized spacial score (nSPS) is 10.9. The third-order valence-electron chi connectivity index (χ3n) is 2.54. The van der Waals surface area contributed by atoms with Gasteiger partial charge in [-0.25, -0.2) is 15.0 Å². The summed E-state index contributed by atoms with van der Waals surface area (Å²) in [6.07, 6.45) is 0. The fourth-order valence-corrected chi connectivity index (χ4v) is 2.17. The first-order chi connectivity index (χ1) is 8.58. The van der Waals surface area contributed by atoms with Crippen LogP contribution in [0.3, 0.4) is 0 Å². The molecule has 1 N–H and O–H groups in total. The highest BCUT2D eigenvalue weighted by molar-refractivity contribution is 7.07. The minimum Gasteiger partial charge on any atom is -0.364 e. The Balaban J connectivity index is 2.20. The highest BCUT2D eigenvalue weighted by atomic mass is 35.5. The molecule has 0 aliphatic rings. The molecule has 0 atom stereocenters. The molecule has 2 heterocycles. The predicted molar refractivity (Wildman–Crippen MR) is 75.3 cm³/mol. The van der Waals surface area contributed by atoms with Crippen LogP contribution in [0.2, 0.25) is 5.15 Å². The molecule has 0 amide bonds. The summed E-state index contributed by atoms with van der Waals surface area (Å²) in [6, 6.07) is 0. The number of anilines is 1. The molecule has 0 fully saturated rings. The van der Waals surface area contributed by atoms with E-state index >= 15 is 0 Å². The fourth-order valence-electron chi connectivity index (χ4n) is 1.43. The first-order valence-corrected chi connectivity index (χ1v) is 7.05. The molecule has 0 aliphatic heterocycles. The zero-order valence-corrected chi connectivity index (χ0v) is 12.1. The second-order valence-electron chi connectivity index (χ2n) is 4.33. The first kappa shape index (κ1) is 13.2. The van der Waals surface area contributed by atoms with E-state index in [4.69, 9.17) is 11.6 Å². The number of halogens is 1. The van der Waals surface area contributed by atoms with E-state index in [2.05, 4.69) is 20.3 Å². The second kappa shape index (κ2) is 5.63. The van der Waals surface area contributed by atoms with E-state index in [-0.39, 0.29) is 5.92 Å². The van der Waals surface area contributed by atoms with Crippen molar-refractivity contribution in [1.82, 2.24) is 15.0 Å². The minimum absolute atomic E-state index is 0.253. The molecule has 0 aromatic carbocycles. The average Bonchev–Trinajstić information content (AvgIpc) is 2.83. The van der Waals surface area contributed by atoms with E-state index in [1.807, 2.05) is 31.7 Å². The van der Waals surface area contributed by atoms with Crippen LogP contribution in [0.15, 0.2) is 10.9 Å². The van der Waals surface area contributed by atoms with Crippen molar-refractivity contribution in [2.75, 3.05) is 5.32 Å². The van der Waals surface area contributed by atoms with Crippen LogP contribution in [-0.4, -0.2) is 15.0 Å². The van der Waals surface area contributed by atoms with Gasteiger partial charge in [0.15, 0.2) is 0 Å². The Morgan fingerprint density at radius 2 is 2.17 bits per heavy atom. The third-order valence-corrected chi connectivity index (χ3v) is 3.54. The largest absolute Gasteiger partial charge is 0.364 e. The monoisotopic (exact) mass is 282 g/mol. The third kappa shape index (κ3) is 2.97. The summed E-state index contributed by atoms with van der Waals surface area (Å²) in [6.45, 7) is 6.65. The zero-order chi connectivity index (χ0) is 13.1. The predicted octanol–water partition coefficient (Wildman–Crippen LogP) is 3.63. The molecular formula is C12H15ClN4S. The summed E-state index contributed by atoms with van der Waals surface area (Å²) in [5.74, 6) is 1.79. The Morgan fingerprint density at radius 1 is 1.39 bits per heavy atom. The number of thiazole rings is 1. The SMILES string of the molecule is Cc1c(Cl)nc(C(C)C)nc1NCc1cscn1. The van der Waals surface area contributed by atoms with E-state index in [0.29, 0.717) is 11.7 Å². The maximum absolute atomic E-state index is 6.12. The smallest absolute Gasteiger partial charge is 0.137 e. The maximum Gasteiger partial charge on any atom is 0.137 e. The van der Waals surface area contributed by atoms with Gasteiger partial charge in [-0.2, -0.15) is 0 Å². The van der Waals surface area contributed by atoms with E-state index < -0.39 is 0 Å². The van der Waals surface area contributed by atoms with Gasteiger partial charge in [0.05, 0.1) is 17.7 Å². The number of hydrogen-bond donors (Lipinski definition) is 1. The van der Waals surface area contributed by atoms with Gasteiger partial charge in [-0.15, -0.1) is 11.3 Å². The van der Waals surface area contributed by atoms with Crippen LogP contribution in [0.4, 0.5) is 5.82 Å². The molecule has 0 saturated heterocycles. The number of aromatic nitrogens is 3. The Labute approximate surface area is 115 Å². The summed E-state index contributed by atoms with van der Waals surface area (Å²) >= 11 is 7.70. The number of hydrogen-bond acceptors (Lipinski definition) is 5. The number of nitrogens with one attached hydrogen (secondary N) is 1. The van der Waals surface area contributed by atoms with Gasteiger partial charge >= 0.3 is 0 Å². The molecule has 18 heavy (non-hydrogen) atoms. The highest BCUT2D eigenvalue weighted by Crippen LogP contribution is 2.23. The molecular weight excluding hydrogens is 268 g/mol. The molecule has 2 aromatic heterocycles. The zero-order valence-electron chi connectivity index (χ0n) is 10.6. The maximum atomic E-state index is 6.12. The summed E-state index contributed by atoms with van der Waals surface area (Å²) in [5, 5.41) is 5.78. The van der Waals surface area contributed by atoms with Gasteiger partial charge in [0.2, 0.25) is 0 Å². The molecule has 0 bridgehead atoms. The van der Waals surface area contributed by atoms with Crippen LogP contribution in [-0.2, 0) is 6.54 Å². The Hall–Kier alpha value is -1.20. The van der Waals surface area contributed by atoms with Gasteiger partial charge in [-0.05, 0) is 6.92 Å². The molecule has 0 aliphatic carbocycles. The molecule has 6 heteroatoms. The van der Waals surface area contributed by atoms with Crippen molar-refractivity contribution in [3.8, 4) is 0 Å². The van der Waals surface area contributed by atoms with Gasteiger partial charge in [0.1, 0.15) is 16.8 Å². The fraction of sp³-hybridized carbons (Fsp3) is 0.417. The van der Waals surface area contributed by atoms with Crippen LogP contribution in [0, 0.1) is 6.92 Å². The van der Waals surface area contributed by atoms with E-state index in [1.54, 1.807) is 11.3 Å². The van der Waals surface area contributed by atoms with Gasteiger partial charge in [-0.3, -0.25) is 0 Å². The number of rotatable bonds is 4. The highest BCUT2D eigenvalue weighted by Gasteiger charge is 2.11. The van der Waals surface area contributed by atoms with Crippen molar-refractivity contribution in [3.63, 3.8) is 0 Å². The van der Waals surface area contributed by atoms with Crippen molar-refractivity contribution in [2.45, 2.75) is 33.2 Å². The average molecular weight is 283 g/mol. The lowest BCUT2D eigenvalue weighted by Crippen LogP contribution is -2.08. The molecule has 4 nitrogen and oxygen atoms in total. The van der Waals surface area contributed by atoms with Crippen molar-refractivity contribution < 1.29 is 0 Å². The van der Waals surface area contributed by atoms with E-state index in [9.17, 15) is 0 Å². The molecule has 0 radical (unpaired) electrons. The van der Waals surface area contributed by atoms with Crippen LogP contribution in [0.5, 0.6) is 0 Å². The summed E-state index contributed by atoms with van der Waals surface area (Å²) in [7, 11) is 0. The molecule has 2 rings (SSSR count). The lowest BCUT2D eigenvalue weighted by atomic mass is 10.2. The van der Waals surface area contributed by atoms with Crippen LogP contribution >= 0.6 is 22.9 Å². The van der Waals surface area contributed by atoms with Gasteiger partial charge in [0.25, 0.3) is 0 Å². The van der Waals surface area contributed by atoms with Gasteiger partial charge in [-0.1, -0.05) is 25.4 Å². The number of nitrogens with zero attached hydrogens (tertiary/aromatic N) is 3. The molecule has 2 aromatic rings. The standard InChI is InChI=1S/C12H15ClN4S/c1-7(2)11-16-10(13)8(3)12(17-11)14-4-9-5-18-6-15-9/h5-7H,4H2,1-3H3,(H,14,16,17). The molecule has 0 unspecified atom stereocenters. The molecule has 0 saturated carbocycles. The molecule has 0 spiro atoms. The Kier molecular flexibility index (Phi) is 4.14. The van der Waals surface area contributed by atoms with Crippen molar-refractivity contribution in [1.29, 1.82) is 0 Å². The summed E-state index contributed by atoms with van der Waals surface area (Å²) in [4.78, 5) is 13.0. The van der Waals surface area contributed by atoms with Gasteiger partial charge < -0.3 is 5.32 Å². The summed E-state index contributed by atoms with van der Waals surface area (Å²) in [5.41, 5.74) is 3.69. The minimum atomic E-state index is 0.253. The quantitative estimate of drug-likeness (QED) is 0.870. The van der Waals surface area contributed by atoms with Crippen LogP contribution in [0.1, 0.15) is 36.8 Å². The van der Waals surface area contributed by atoms with Crippen LogP contribution < -0.4 is 5.32 Å². The Bertz CT molecular complexity index is 525. The lowest BCUT2D eigenvalue weighted by molar-refractivity contribution is 0.771. The molecule has 96 valence electrons. The topological polar surface area (TPSA) is 50.7 Å². The summed E-state index contributed by atoms with van der Waals surface area (Å²) < 4.78 is 0. The van der Waals surface area contributed by atoms with E-state index in [0.717, 1.165) is 22.9 Å². The van der Waals surface area contributed by atoms with Gasteiger partial charge in [0, 0.05) is 16.9 Å². The van der Waals surface area contributed by atoms with Crippen LogP contribution in [0.25, 0.3) is 0 Å². The van der Waals surface area contributed by atoms with Crippen molar-refractivity contribution >= 4 is 28.8 Å². The van der Waals surface area contributed by atoms with Crippen molar-refractivity contribution in [2.24, 2.45) is 0 Å². The first-order valence-electron chi connectivity index (χ1n) is 5.73. The lowest BCUT2D eigenvalue weighted by Gasteiger charge is -2.12. The van der Waals surface area contributed by atoms with Crippen molar-refractivity contribution in [3.05, 3.63) is 33.1 Å². The Morgan fingerprint density at radius 3 is 2.78 bits per heavy atom. The van der Waals surface area contributed by atoms with E-state index in [1.165, 1.54) is 0 Å². The second-order valence-corrected chi connectivity index (χ2v) is 5.41.